The number of imidazole rings is 3. The molecule has 728 valence electrons. The van der Waals surface area contributed by atoms with Crippen molar-refractivity contribution in [2.45, 2.75) is 58.2 Å². The Bertz CT molecular complexity index is 5290. The van der Waals surface area contributed by atoms with E-state index in [4.69, 9.17) is 71.1 Å². The molecule has 0 aliphatic carbocycles. The van der Waals surface area contributed by atoms with Gasteiger partial charge in [-0.2, -0.15) is 0 Å². The van der Waals surface area contributed by atoms with E-state index in [0.717, 1.165) is 18.2 Å². The summed E-state index contributed by atoms with van der Waals surface area (Å²) in [7, 11) is 3.75. The number of esters is 9. The summed E-state index contributed by atoms with van der Waals surface area (Å²) in [5.74, 6) is 1.00. The quantitative estimate of drug-likeness (QED) is 0.00854. The summed E-state index contributed by atoms with van der Waals surface area (Å²) in [5.41, 5.74) is 2.15. The minimum atomic E-state index is -0.540. The SMILES string of the molecule is C=CC(=O)OCCCCOc1ccc(C(=O)Oc2ccc(OC(=O)c3ccc(OCC[n+]4ccn(C=C)c4)cc3)cc2)cc1.C=CC(=O)OCCCCOc1ccc(C(=O)Oc2ccc(OC(=O)c3ccc(OCC[n+]4ccn(C=C)c4)cc3)cc2)cc1.C=CC(=O)OCCCCOc1ccc(C(=O)Oc2ccc(OC(=O)c3ccc(OCC[n+]4ccn(C=C)c4)cc3)cc2)cc1.CF.COC.[Br-].[Br-]. The van der Waals surface area contributed by atoms with Crippen LogP contribution in [0.5, 0.6) is 69.0 Å². The van der Waals surface area contributed by atoms with Crippen LogP contribution in [0.1, 0.15) is 101 Å². The third kappa shape index (κ3) is 41.4. The van der Waals surface area contributed by atoms with Gasteiger partial charge in [-0.3, -0.25) is 4.39 Å². The highest BCUT2D eigenvalue weighted by Crippen LogP contribution is 2.27. The second-order valence-corrected chi connectivity index (χ2v) is 28.5. The van der Waals surface area contributed by atoms with Crippen LogP contribution >= 0.6 is 0 Å². The number of rotatable bonds is 48. The van der Waals surface area contributed by atoms with Gasteiger partial charge in [0.25, 0.3) is 0 Å². The Morgan fingerprint density at radius 3 is 0.576 bits per heavy atom. The monoisotopic (exact) mass is 2030 g/mol. The van der Waals surface area contributed by atoms with Crippen molar-refractivity contribution >= 4 is 72.3 Å². The average molecular weight is 2030 g/mol. The maximum absolute atomic E-state index is 12.6. The molecule has 0 amide bonds. The first-order valence-corrected chi connectivity index (χ1v) is 42.9. The Morgan fingerprint density at radius 2 is 0.417 bits per heavy atom. The Morgan fingerprint density at radius 1 is 0.259 bits per heavy atom. The fraction of sp³-hybridized carbons (Fsp3) is 0.200. The van der Waals surface area contributed by atoms with E-state index in [1.807, 2.05) is 83.6 Å². The zero-order valence-electron chi connectivity index (χ0n) is 76.9. The van der Waals surface area contributed by atoms with Crippen LogP contribution in [0.15, 0.2) is 332 Å². The van der Waals surface area contributed by atoms with E-state index < -0.39 is 53.7 Å². The lowest BCUT2D eigenvalue weighted by Crippen LogP contribution is -3.00. The van der Waals surface area contributed by atoms with Crippen LogP contribution in [0, 0.1) is 0 Å². The van der Waals surface area contributed by atoms with Crippen LogP contribution in [0.25, 0.3) is 18.6 Å². The van der Waals surface area contributed by atoms with E-state index in [0.29, 0.717) is 227 Å². The predicted octanol–water partition coefficient (Wildman–Crippen LogP) is 10.7. The second kappa shape index (κ2) is 63.2. The van der Waals surface area contributed by atoms with Crippen molar-refractivity contribution < 1.29 is 171 Å². The van der Waals surface area contributed by atoms with Gasteiger partial charge in [0.2, 0.25) is 19.0 Å². The van der Waals surface area contributed by atoms with Gasteiger partial charge < -0.3 is 110 Å². The number of aromatic nitrogens is 6. The molecular formula is C105H108Br2FN6O25+. The number of alkyl halides is 1. The number of benzene rings is 9. The van der Waals surface area contributed by atoms with Gasteiger partial charge in [0.15, 0.2) is 0 Å². The van der Waals surface area contributed by atoms with Gasteiger partial charge in [-0.05, 0) is 257 Å². The van der Waals surface area contributed by atoms with Crippen molar-refractivity contribution in [3.8, 4) is 69.0 Å². The van der Waals surface area contributed by atoms with Gasteiger partial charge in [-0.25, -0.2) is 70.6 Å². The summed E-state index contributed by atoms with van der Waals surface area (Å²) in [6.45, 7) is 26.8. The molecule has 0 atom stereocenters. The van der Waals surface area contributed by atoms with Crippen molar-refractivity contribution in [2.75, 3.05) is 80.9 Å². The lowest BCUT2D eigenvalue weighted by molar-refractivity contribution is -0.696. The van der Waals surface area contributed by atoms with Gasteiger partial charge >= 0.3 is 53.7 Å². The first-order valence-electron chi connectivity index (χ1n) is 42.9. The second-order valence-electron chi connectivity index (χ2n) is 28.5. The Hall–Kier alpha value is -16.1. The molecule has 3 heterocycles. The molecular weight excluding hydrogens is 1920 g/mol. The average Bonchev–Trinajstić information content (AvgIpc) is 1.07. The number of halogens is 3. The van der Waals surface area contributed by atoms with Crippen molar-refractivity contribution in [3.05, 3.63) is 366 Å². The molecule has 0 unspecified atom stereocenters. The molecule has 0 aliphatic heterocycles. The van der Waals surface area contributed by atoms with E-state index >= 15 is 0 Å². The van der Waals surface area contributed by atoms with Crippen molar-refractivity contribution in [1.82, 2.24) is 13.7 Å². The number of hydrogen-bond donors (Lipinski definition) is 0. The summed E-state index contributed by atoms with van der Waals surface area (Å²) in [4.78, 5) is 108. The van der Waals surface area contributed by atoms with Crippen LogP contribution in [0.3, 0.4) is 0 Å². The van der Waals surface area contributed by atoms with E-state index in [1.54, 1.807) is 251 Å². The smallest absolute Gasteiger partial charge is 0.343 e. The molecule has 0 bridgehead atoms. The van der Waals surface area contributed by atoms with Crippen LogP contribution in [-0.4, -0.2) is 148 Å². The number of methoxy groups -OCH3 is 1. The first kappa shape index (κ1) is 112. The predicted molar refractivity (Wildman–Crippen MR) is 505 cm³/mol. The Labute approximate surface area is 825 Å². The summed E-state index contributed by atoms with van der Waals surface area (Å²) in [6.07, 6.45) is 29.8. The number of ether oxygens (including phenoxy) is 16. The molecule has 0 aliphatic rings. The third-order valence-electron chi connectivity index (χ3n) is 18.6. The molecule has 139 heavy (non-hydrogen) atoms. The normalized spacial score (nSPS) is 10.0. The molecule has 12 aromatic rings. The minimum absolute atomic E-state index is 0. The zero-order valence-corrected chi connectivity index (χ0v) is 80.1. The summed E-state index contributed by atoms with van der Waals surface area (Å²) >= 11 is 0. The molecule has 0 fully saturated rings. The number of hydrogen-bond acceptors (Lipinski definition) is 25. The van der Waals surface area contributed by atoms with E-state index in [-0.39, 0.29) is 34.0 Å². The number of carbonyl (C=O) groups excluding carboxylic acids is 9. The van der Waals surface area contributed by atoms with Gasteiger partial charge in [-0.1, -0.05) is 39.5 Å². The zero-order chi connectivity index (χ0) is 98.2. The molecule has 0 N–H and O–H groups in total. The summed E-state index contributed by atoms with van der Waals surface area (Å²) < 4.78 is 107. The van der Waals surface area contributed by atoms with E-state index in [1.165, 1.54) is 0 Å². The molecule has 0 saturated heterocycles. The highest BCUT2D eigenvalue weighted by Gasteiger charge is 2.19. The van der Waals surface area contributed by atoms with Crippen molar-refractivity contribution in [2.24, 2.45) is 0 Å². The lowest BCUT2D eigenvalue weighted by atomic mass is 10.2. The summed E-state index contributed by atoms with van der Waals surface area (Å²) in [6, 6.07) is 58.3. The number of carbonyl (C=O) groups is 9. The van der Waals surface area contributed by atoms with E-state index in [9.17, 15) is 47.5 Å². The molecule has 12 rings (SSSR count). The van der Waals surface area contributed by atoms with Crippen LogP contribution in [-0.2, 0) is 53.0 Å². The molecule has 0 saturated carbocycles. The molecule has 0 spiro atoms. The van der Waals surface area contributed by atoms with Gasteiger partial charge in [-0.15, -0.1) is 0 Å². The fourth-order valence-corrected chi connectivity index (χ4v) is 11.5. The molecule has 34 heteroatoms. The molecule has 0 radical (unpaired) electrons. The van der Waals surface area contributed by atoms with Crippen molar-refractivity contribution in [1.29, 1.82) is 0 Å². The highest BCUT2D eigenvalue weighted by molar-refractivity contribution is 5.95. The fourth-order valence-electron chi connectivity index (χ4n) is 11.5. The Kier molecular flexibility index (Phi) is 50.8. The molecule has 3 aromatic heterocycles. The Balaban J connectivity index is 0.000000310. The lowest BCUT2D eigenvalue weighted by Gasteiger charge is -2.09. The largest absolute Gasteiger partial charge is 1.00 e. The third-order valence-corrected chi connectivity index (χ3v) is 18.6. The topological polar surface area (TPSA) is 328 Å². The maximum Gasteiger partial charge on any atom is 0.343 e. The van der Waals surface area contributed by atoms with Crippen molar-refractivity contribution in [3.63, 3.8) is 0 Å². The van der Waals surface area contributed by atoms with E-state index in [2.05, 4.69) is 44.2 Å². The molecule has 9 aromatic carbocycles. The summed E-state index contributed by atoms with van der Waals surface area (Å²) in [5, 5.41) is 0. The van der Waals surface area contributed by atoms with Crippen LogP contribution in [0.2, 0.25) is 0 Å². The van der Waals surface area contributed by atoms with Crippen LogP contribution < -0.4 is 105 Å². The number of nitrogens with zero attached hydrogens (tertiary/aromatic N) is 6. The van der Waals surface area contributed by atoms with Gasteiger partial charge in [0.1, 0.15) is 146 Å². The van der Waals surface area contributed by atoms with Gasteiger partial charge in [0, 0.05) is 32.4 Å². The van der Waals surface area contributed by atoms with Crippen LogP contribution in [0.4, 0.5) is 4.39 Å². The number of unbranched alkanes of at least 4 members (excludes halogenated alkanes) is 3. The van der Waals surface area contributed by atoms with Gasteiger partial charge in [0.05, 0.1) is 98.8 Å². The maximum atomic E-state index is 12.6. The molecule has 31 nitrogen and oxygen atoms in total. The standard InChI is InChI=1S/3C34H33N2O8.C2H6O.CH3F.2BrH/c3*1-3-32(37)42-23-6-5-22-40-28-11-7-26(8-12-28)33(38)43-30-15-17-31(18-16-30)44-34(39)27-9-13-29(14-10-27)41-24-21-36-20-19-35(4-2)25-36;1-3-2;1-2;;/h3*3-4,7-20,25H,1-2,5-6,21-24H2;1-2H3;1H3;2*1H/q3*+1;;;;/p-2. The minimum Gasteiger partial charge on any atom is -1.00 e. The first-order chi connectivity index (χ1) is 66.7. The highest BCUT2D eigenvalue weighted by atomic mass is 79.9.